The molecular formula is C30H39N5O2. The molecule has 2 aromatic rings. The highest BCUT2D eigenvalue weighted by Gasteiger charge is 2.67. The second-order valence-corrected chi connectivity index (χ2v) is 12.1. The molecule has 196 valence electrons. The Hall–Kier alpha value is -2.45. The number of fused-ring (bicyclic) bond motifs is 3. The Kier molecular flexibility index (Phi) is 5.81. The van der Waals surface area contributed by atoms with Crippen molar-refractivity contribution in [1.82, 2.24) is 20.7 Å². The van der Waals surface area contributed by atoms with Gasteiger partial charge >= 0.3 is 0 Å². The number of carbonyl (C=O) groups excluding carboxylic acids is 1. The lowest BCUT2D eigenvalue weighted by molar-refractivity contribution is -0.118. The number of nitrogens with one attached hydrogen (secondary N) is 3. The smallest absolute Gasteiger partial charge is 0.235 e. The molecule has 1 amide bonds. The third-order valence-electron chi connectivity index (χ3n) is 10.1. The van der Waals surface area contributed by atoms with E-state index in [1.807, 2.05) is 12.1 Å². The quantitative estimate of drug-likeness (QED) is 0.584. The Labute approximate surface area is 219 Å². The molecule has 4 fully saturated rings. The molecule has 5 aliphatic rings. The fourth-order valence-electron chi connectivity index (χ4n) is 7.80. The molecule has 7 nitrogen and oxygen atoms in total. The number of amides is 1. The van der Waals surface area contributed by atoms with E-state index in [2.05, 4.69) is 63.3 Å². The number of benzene rings is 2. The molecule has 7 heteroatoms. The van der Waals surface area contributed by atoms with Crippen LogP contribution in [-0.4, -0.2) is 62.1 Å². The van der Waals surface area contributed by atoms with Crippen LogP contribution in [0.5, 0.6) is 5.75 Å². The maximum absolute atomic E-state index is 13.1. The van der Waals surface area contributed by atoms with E-state index in [-0.39, 0.29) is 11.3 Å². The number of likely N-dealkylation sites (N-methyl/N-ethyl adjacent to an activating group) is 1. The zero-order valence-corrected chi connectivity index (χ0v) is 22.0. The van der Waals surface area contributed by atoms with Crippen molar-refractivity contribution in [2.45, 2.75) is 49.7 Å². The summed E-state index contributed by atoms with van der Waals surface area (Å²) in [6.45, 7) is 5.67. The molecule has 0 aromatic heterocycles. The van der Waals surface area contributed by atoms with Crippen LogP contribution in [-0.2, 0) is 16.8 Å². The van der Waals surface area contributed by atoms with E-state index in [0.717, 1.165) is 62.6 Å². The lowest BCUT2D eigenvalue weighted by atomic mass is 9.72. The summed E-state index contributed by atoms with van der Waals surface area (Å²) in [4.78, 5) is 18.1. The zero-order chi connectivity index (χ0) is 25.1. The first kappa shape index (κ1) is 23.7. The van der Waals surface area contributed by atoms with Gasteiger partial charge in [-0.05, 0) is 85.4 Å². The molecule has 2 saturated heterocycles. The molecule has 7 rings (SSSR count). The molecule has 6 atom stereocenters. The number of methoxy groups -OCH3 is 1. The number of rotatable bonds is 5. The molecule has 3 aliphatic heterocycles. The van der Waals surface area contributed by atoms with Crippen LogP contribution in [0.1, 0.15) is 48.4 Å². The summed E-state index contributed by atoms with van der Waals surface area (Å²) in [5.41, 5.74) is 11.9. The van der Waals surface area contributed by atoms with Crippen LogP contribution in [0.4, 0.5) is 5.69 Å². The summed E-state index contributed by atoms with van der Waals surface area (Å²) in [6.07, 6.45) is 4.49. The number of nitrogens with zero attached hydrogens (tertiary/aromatic N) is 2. The minimum Gasteiger partial charge on any atom is -0.497 e. The molecule has 2 saturated carbocycles. The Morgan fingerprint density at radius 2 is 1.84 bits per heavy atom. The van der Waals surface area contributed by atoms with E-state index < -0.39 is 0 Å². The summed E-state index contributed by atoms with van der Waals surface area (Å²) >= 11 is 0. The van der Waals surface area contributed by atoms with Crippen LogP contribution < -0.4 is 20.9 Å². The van der Waals surface area contributed by atoms with Gasteiger partial charge in [0.15, 0.2) is 0 Å². The molecule has 3 heterocycles. The monoisotopic (exact) mass is 501 g/mol. The van der Waals surface area contributed by atoms with Gasteiger partial charge in [-0.2, -0.15) is 0 Å². The minimum atomic E-state index is -0.341. The molecule has 1 spiro atoms. The number of hydrogen-bond acceptors (Lipinski definition) is 6. The molecule has 2 aliphatic carbocycles. The lowest BCUT2D eigenvalue weighted by Gasteiger charge is -2.34. The number of piperazine rings is 1. The SMILES string of the molecule is COc1ccc2c(c1)[C@]1(C[C@H]1C1CCC3C(C1)NNC3c1ccc(CN3CCN(C)CC3)cc1)C(=O)N2. The Morgan fingerprint density at radius 3 is 2.62 bits per heavy atom. The van der Waals surface area contributed by atoms with Crippen molar-refractivity contribution in [3.63, 3.8) is 0 Å². The Bertz CT molecular complexity index is 1180. The van der Waals surface area contributed by atoms with Crippen molar-refractivity contribution in [3.8, 4) is 5.75 Å². The van der Waals surface area contributed by atoms with Crippen molar-refractivity contribution in [2.24, 2.45) is 17.8 Å². The van der Waals surface area contributed by atoms with Crippen LogP contribution >= 0.6 is 0 Å². The maximum atomic E-state index is 13.1. The second kappa shape index (κ2) is 9.09. The first-order valence-electron chi connectivity index (χ1n) is 14.1. The van der Waals surface area contributed by atoms with Crippen LogP contribution in [0.3, 0.4) is 0 Å². The number of anilines is 1. The van der Waals surface area contributed by atoms with Gasteiger partial charge in [0.25, 0.3) is 0 Å². The number of ether oxygens (including phenoxy) is 1. The number of carbonyl (C=O) groups is 1. The maximum Gasteiger partial charge on any atom is 0.235 e. The van der Waals surface area contributed by atoms with E-state index in [4.69, 9.17) is 4.74 Å². The highest BCUT2D eigenvalue weighted by atomic mass is 16.5. The first-order valence-corrected chi connectivity index (χ1v) is 14.1. The molecule has 2 aromatic carbocycles. The van der Waals surface area contributed by atoms with Crippen LogP contribution in [0.15, 0.2) is 42.5 Å². The first-order chi connectivity index (χ1) is 18.0. The van der Waals surface area contributed by atoms with E-state index in [9.17, 15) is 4.79 Å². The summed E-state index contributed by atoms with van der Waals surface area (Å²) in [5, 5.41) is 3.15. The van der Waals surface area contributed by atoms with Gasteiger partial charge < -0.3 is 15.0 Å². The molecule has 0 radical (unpaired) electrons. The molecule has 3 N–H and O–H groups in total. The average molecular weight is 502 g/mol. The lowest BCUT2D eigenvalue weighted by Crippen LogP contribution is -2.43. The predicted octanol–water partition coefficient (Wildman–Crippen LogP) is 3.29. The normalized spacial score (nSPS) is 35.3. The van der Waals surface area contributed by atoms with Gasteiger partial charge in [0.05, 0.1) is 18.6 Å². The van der Waals surface area contributed by atoms with Crippen molar-refractivity contribution in [2.75, 3.05) is 45.7 Å². The van der Waals surface area contributed by atoms with Gasteiger partial charge in [-0.3, -0.25) is 15.1 Å². The van der Waals surface area contributed by atoms with E-state index in [0.29, 0.717) is 29.8 Å². The highest BCUT2D eigenvalue weighted by molar-refractivity contribution is 6.09. The standard InChI is InChI=1S/C30H39N5O2/c1-34-11-13-35(14-12-34)18-19-3-5-20(6-4-19)28-23-9-7-21(15-27(23)32-33-28)25-17-30(25)24-16-22(37-2)8-10-26(24)31-29(30)36/h3-6,8,10,16,21,23,25,27-28,32-33H,7,9,11-15,17-18H2,1-2H3,(H,31,36)/t21?,23?,25-,27?,28?,30-/m0/s1. The minimum absolute atomic E-state index is 0.190. The van der Waals surface area contributed by atoms with Gasteiger partial charge in [0, 0.05) is 44.5 Å². The van der Waals surface area contributed by atoms with Crippen molar-refractivity contribution in [3.05, 3.63) is 59.2 Å². The predicted molar refractivity (Wildman–Crippen MR) is 144 cm³/mol. The van der Waals surface area contributed by atoms with E-state index in [1.165, 1.54) is 24.0 Å². The van der Waals surface area contributed by atoms with E-state index >= 15 is 0 Å². The summed E-state index contributed by atoms with van der Waals surface area (Å²) < 4.78 is 5.47. The van der Waals surface area contributed by atoms with Crippen molar-refractivity contribution >= 4 is 11.6 Å². The Morgan fingerprint density at radius 1 is 1.03 bits per heavy atom. The van der Waals surface area contributed by atoms with Gasteiger partial charge in [-0.1, -0.05) is 24.3 Å². The van der Waals surface area contributed by atoms with Gasteiger partial charge in [0.1, 0.15) is 5.75 Å². The van der Waals surface area contributed by atoms with Gasteiger partial charge in [-0.25, -0.2) is 5.43 Å². The third-order valence-corrected chi connectivity index (χ3v) is 10.1. The van der Waals surface area contributed by atoms with Crippen molar-refractivity contribution < 1.29 is 9.53 Å². The highest BCUT2D eigenvalue weighted by Crippen LogP contribution is 2.65. The molecule has 4 unspecified atom stereocenters. The van der Waals surface area contributed by atoms with Crippen LogP contribution in [0.25, 0.3) is 0 Å². The van der Waals surface area contributed by atoms with Crippen LogP contribution in [0, 0.1) is 17.8 Å². The number of hydrogen-bond donors (Lipinski definition) is 3. The van der Waals surface area contributed by atoms with Gasteiger partial charge in [-0.15, -0.1) is 0 Å². The Balaban J connectivity index is 0.998. The third kappa shape index (κ3) is 3.98. The molecule has 37 heavy (non-hydrogen) atoms. The largest absolute Gasteiger partial charge is 0.497 e. The topological polar surface area (TPSA) is 68.9 Å². The second-order valence-electron chi connectivity index (χ2n) is 12.1. The van der Waals surface area contributed by atoms with Gasteiger partial charge in [0.2, 0.25) is 5.91 Å². The van der Waals surface area contributed by atoms with E-state index in [1.54, 1.807) is 7.11 Å². The summed E-state index contributed by atoms with van der Waals surface area (Å²) in [5.74, 6) is 2.62. The summed E-state index contributed by atoms with van der Waals surface area (Å²) in [6, 6.07) is 16.2. The molecule has 0 bridgehead atoms. The average Bonchev–Trinajstić information content (AvgIpc) is 3.45. The summed E-state index contributed by atoms with van der Waals surface area (Å²) in [7, 11) is 3.90. The zero-order valence-electron chi connectivity index (χ0n) is 22.0. The molecular weight excluding hydrogens is 462 g/mol. The fourth-order valence-corrected chi connectivity index (χ4v) is 7.80. The fraction of sp³-hybridized carbons (Fsp3) is 0.567. The van der Waals surface area contributed by atoms with Crippen LogP contribution in [0.2, 0.25) is 0 Å². The van der Waals surface area contributed by atoms with Crippen molar-refractivity contribution in [1.29, 1.82) is 0 Å². The number of hydrazine groups is 1.